The van der Waals surface area contributed by atoms with E-state index in [1.54, 1.807) is 0 Å². The number of hydrogen-bond donors (Lipinski definition) is 1. The van der Waals surface area contributed by atoms with Crippen molar-refractivity contribution in [2.45, 2.75) is 6.04 Å². The molecule has 0 aromatic heterocycles. The minimum absolute atomic E-state index is 0.118. The van der Waals surface area contributed by atoms with Gasteiger partial charge in [0.05, 0.1) is 25.3 Å². The van der Waals surface area contributed by atoms with Crippen LogP contribution in [0.3, 0.4) is 0 Å². The van der Waals surface area contributed by atoms with E-state index in [0.29, 0.717) is 5.56 Å². The monoisotopic (exact) mass is 226 g/mol. The molecule has 1 rings (SSSR count). The van der Waals surface area contributed by atoms with Gasteiger partial charge in [-0.3, -0.25) is 5.32 Å². The van der Waals surface area contributed by atoms with Gasteiger partial charge in [-0.1, -0.05) is 6.07 Å². The molecule has 5 heteroatoms. The van der Waals surface area contributed by atoms with E-state index in [2.05, 4.69) is 5.32 Å². The molecule has 0 aliphatic rings. The van der Waals surface area contributed by atoms with Crippen molar-refractivity contribution in [1.29, 1.82) is 5.26 Å². The summed E-state index contributed by atoms with van der Waals surface area (Å²) in [5.74, 6) is -1.79. The Hall–Kier alpha value is -1.51. The maximum Gasteiger partial charge on any atom is 0.159 e. The lowest BCUT2D eigenvalue weighted by Gasteiger charge is -2.16. The predicted octanol–water partition coefficient (Wildman–Crippen LogP) is 1.77. The highest BCUT2D eigenvalue weighted by atomic mass is 19.2. The summed E-state index contributed by atoms with van der Waals surface area (Å²) in [6.07, 6.45) is 0. The molecule has 0 fully saturated rings. The number of benzene rings is 1. The maximum atomic E-state index is 13.0. The van der Waals surface area contributed by atoms with Gasteiger partial charge in [0.15, 0.2) is 11.6 Å². The van der Waals surface area contributed by atoms with Crippen LogP contribution < -0.4 is 5.32 Å². The molecule has 0 radical (unpaired) electrons. The Balaban J connectivity index is 2.83. The summed E-state index contributed by atoms with van der Waals surface area (Å²) >= 11 is 0. The highest BCUT2D eigenvalue weighted by Gasteiger charge is 2.12. The number of methoxy groups -OCH3 is 1. The predicted molar refractivity (Wildman–Crippen MR) is 54.6 cm³/mol. The molecule has 1 aromatic carbocycles. The van der Waals surface area contributed by atoms with Gasteiger partial charge in [-0.15, -0.1) is 0 Å². The van der Waals surface area contributed by atoms with Crippen LogP contribution in [0.1, 0.15) is 11.6 Å². The maximum absolute atomic E-state index is 13.0. The van der Waals surface area contributed by atoms with Crippen LogP contribution in [0.2, 0.25) is 0 Å². The molecule has 1 aromatic rings. The third-order valence-corrected chi connectivity index (χ3v) is 2.11. The molecular weight excluding hydrogens is 214 g/mol. The van der Waals surface area contributed by atoms with Gasteiger partial charge >= 0.3 is 0 Å². The normalized spacial score (nSPS) is 12.1. The summed E-state index contributed by atoms with van der Waals surface area (Å²) in [4.78, 5) is 0. The van der Waals surface area contributed by atoms with Crippen LogP contribution >= 0.6 is 0 Å². The van der Waals surface area contributed by atoms with E-state index in [9.17, 15) is 8.78 Å². The SMILES string of the molecule is COCC(NCC#N)c1ccc(F)c(F)c1. The first-order chi connectivity index (χ1) is 7.69. The second kappa shape index (κ2) is 6.16. The van der Waals surface area contributed by atoms with Crippen molar-refractivity contribution in [3.8, 4) is 6.07 Å². The summed E-state index contributed by atoms with van der Waals surface area (Å²) in [7, 11) is 1.50. The van der Waals surface area contributed by atoms with Gasteiger partial charge in [-0.05, 0) is 17.7 Å². The lowest BCUT2D eigenvalue weighted by atomic mass is 10.1. The number of rotatable bonds is 5. The molecule has 16 heavy (non-hydrogen) atoms. The lowest BCUT2D eigenvalue weighted by Crippen LogP contribution is -2.25. The summed E-state index contributed by atoms with van der Waals surface area (Å²) in [6.45, 7) is 0.403. The Morgan fingerprint density at radius 2 is 2.19 bits per heavy atom. The molecule has 0 amide bonds. The van der Waals surface area contributed by atoms with Crippen molar-refractivity contribution >= 4 is 0 Å². The van der Waals surface area contributed by atoms with E-state index in [4.69, 9.17) is 10.00 Å². The smallest absolute Gasteiger partial charge is 0.159 e. The summed E-state index contributed by atoms with van der Waals surface area (Å²) in [5, 5.41) is 11.3. The molecule has 0 aliphatic heterocycles. The number of hydrogen-bond acceptors (Lipinski definition) is 3. The van der Waals surface area contributed by atoms with Crippen molar-refractivity contribution in [2.75, 3.05) is 20.3 Å². The third kappa shape index (κ3) is 3.26. The second-order valence-corrected chi connectivity index (χ2v) is 3.22. The molecular formula is C11H12F2N2O. The quantitative estimate of drug-likeness (QED) is 0.778. The largest absolute Gasteiger partial charge is 0.383 e. The molecule has 0 aliphatic carbocycles. The van der Waals surface area contributed by atoms with Gasteiger partial charge < -0.3 is 4.74 Å². The Morgan fingerprint density at radius 1 is 1.44 bits per heavy atom. The second-order valence-electron chi connectivity index (χ2n) is 3.22. The Kier molecular flexibility index (Phi) is 4.83. The molecule has 0 heterocycles. The molecule has 0 saturated heterocycles. The Labute approximate surface area is 92.6 Å². The molecule has 0 spiro atoms. The number of nitrogens with zero attached hydrogens (tertiary/aromatic N) is 1. The zero-order valence-electron chi connectivity index (χ0n) is 8.84. The van der Waals surface area contributed by atoms with Crippen LogP contribution in [0.15, 0.2) is 18.2 Å². The van der Waals surface area contributed by atoms with E-state index < -0.39 is 11.6 Å². The number of ether oxygens (including phenoxy) is 1. The van der Waals surface area contributed by atoms with Gasteiger partial charge in [0.25, 0.3) is 0 Å². The standard InChI is InChI=1S/C11H12F2N2O/c1-16-7-11(15-5-4-14)8-2-3-9(12)10(13)6-8/h2-3,6,11,15H,5,7H2,1H3. The fourth-order valence-electron chi connectivity index (χ4n) is 1.34. The summed E-state index contributed by atoms with van der Waals surface area (Å²) in [6, 6.07) is 5.22. The van der Waals surface area contributed by atoms with Crippen LogP contribution in [-0.4, -0.2) is 20.3 Å². The van der Waals surface area contributed by atoms with Crippen molar-refractivity contribution < 1.29 is 13.5 Å². The molecule has 86 valence electrons. The van der Waals surface area contributed by atoms with Crippen LogP contribution in [0.5, 0.6) is 0 Å². The average molecular weight is 226 g/mol. The number of nitrogens with one attached hydrogen (secondary N) is 1. The molecule has 1 atom stereocenters. The first kappa shape index (κ1) is 12.6. The molecule has 3 nitrogen and oxygen atoms in total. The molecule has 1 unspecified atom stereocenters. The van der Waals surface area contributed by atoms with Gasteiger partial charge in [0.1, 0.15) is 0 Å². The third-order valence-electron chi connectivity index (χ3n) is 2.11. The fraction of sp³-hybridized carbons (Fsp3) is 0.364. The average Bonchev–Trinajstić information content (AvgIpc) is 2.28. The summed E-state index contributed by atoms with van der Waals surface area (Å²) in [5.41, 5.74) is 0.552. The van der Waals surface area contributed by atoms with E-state index in [0.717, 1.165) is 12.1 Å². The Bertz CT molecular complexity index is 390. The van der Waals surface area contributed by atoms with Crippen molar-refractivity contribution in [1.82, 2.24) is 5.32 Å². The van der Waals surface area contributed by atoms with Crippen molar-refractivity contribution in [3.05, 3.63) is 35.4 Å². The first-order valence-corrected chi connectivity index (χ1v) is 4.73. The van der Waals surface area contributed by atoms with Gasteiger partial charge in [0, 0.05) is 7.11 Å². The van der Waals surface area contributed by atoms with Crippen LogP contribution in [-0.2, 0) is 4.74 Å². The highest BCUT2D eigenvalue weighted by molar-refractivity contribution is 5.21. The molecule has 1 N–H and O–H groups in total. The van der Waals surface area contributed by atoms with Crippen molar-refractivity contribution in [3.63, 3.8) is 0 Å². The topological polar surface area (TPSA) is 45.0 Å². The fourth-order valence-corrected chi connectivity index (χ4v) is 1.34. The van der Waals surface area contributed by atoms with Crippen LogP contribution in [0.25, 0.3) is 0 Å². The van der Waals surface area contributed by atoms with Crippen LogP contribution in [0.4, 0.5) is 8.78 Å². The highest BCUT2D eigenvalue weighted by Crippen LogP contribution is 2.16. The van der Waals surface area contributed by atoms with E-state index >= 15 is 0 Å². The minimum Gasteiger partial charge on any atom is -0.383 e. The van der Waals surface area contributed by atoms with E-state index in [1.807, 2.05) is 6.07 Å². The Morgan fingerprint density at radius 3 is 2.75 bits per heavy atom. The minimum atomic E-state index is -0.905. The lowest BCUT2D eigenvalue weighted by molar-refractivity contribution is 0.168. The van der Waals surface area contributed by atoms with Gasteiger partial charge in [0.2, 0.25) is 0 Å². The van der Waals surface area contributed by atoms with E-state index in [-0.39, 0.29) is 19.2 Å². The van der Waals surface area contributed by atoms with Crippen molar-refractivity contribution in [2.24, 2.45) is 0 Å². The zero-order chi connectivity index (χ0) is 12.0. The number of nitriles is 1. The van der Waals surface area contributed by atoms with Gasteiger partial charge in [-0.2, -0.15) is 5.26 Å². The van der Waals surface area contributed by atoms with E-state index in [1.165, 1.54) is 13.2 Å². The molecule has 0 bridgehead atoms. The zero-order valence-corrected chi connectivity index (χ0v) is 8.84. The molecule has 0 saturated carbocycles. The van der Waals surface area contributed by atoms with Gasteiger partial charge in [-0.25, -0.2) is 8.78 Å². The van der Waals surface area contributed by atoms with Crippen LogP contribution in [0, 0.1) is 23.0 Å². The summed E-state index contributed by atoms with van der Waals surface area (Å²) < 4.78 is 30.7. The number of halogens is 2. The first-order valence-electron chi connectivity index (χ1n) is 4.73.